The van der Waals surface area contributed by atoms with E-state index in [-0.39, 0.29) is 11.9 Å². The van der Waals surface area contributed by atoms with Crippen LogP contribution in [0.3, 0.4) is 0 Å². The zero-order valence-electron chi connectivity index (χ0n) is 12.7. The number of thioether (sulfide) groups is 1. The number of hydrogen-bond donors (Lipinski definition) is 1. The molecule has 1 unspecified atom stereocenters. The lowest BCUT2D eigenvalue weighted by Gasteiger charge is -2.14. The Morgan fingerprint density at radius 3 is 2.59 bits per heavy atom. The van der Waals surface area contributed by atoms with Crippen molar-refractivity contribution in [3.8, 4) is 0 Å². The largest absolute Gasteiger partial charge is 0.349 e. The van der Waals surface area contributed by atoms with Crippen molar-refractivity contribution in [2.45, 2.75) is 31.3 Å². The van der Waals surface area contributed by atoms with Crippen LogP contribution in [0, 0.1) is 0 Å². The molecule has 0 aliphatic rings. The van der Waals surface area contributed by atoms with E-state index in [1.807, 2.05) is 19.1 Å². The summed E-state index contributed by atoms with van der Waals surface area (Å²) in [7, 11) is 0. The molecule has 2 aromatic rings. The number of pyridine rings is 1. The van der Waals surface area contributed by atoms with Crippen molar-refractivity contribution in [2.24, 2.45) is 0 Å². The first-order valence-electron chi connectivity index (χ1n) is 7.21. The molecule has 1 atom stereocenters. The minimum absolute atomic E-state index is 0.0110. The number of halogens is 1. The van der Waals surface area contributed by atoms with E-state index in [1.165, 1.54) is 17.3 Å². The highest BCUT2D eigenvalue weighted by atomic mass is 79.9. The second kappa shape index (κ2) is 8.34. The molecular weight excluding hydrogens is 360 g/mol. The maximum absolute atomic E-state index is 12.0. The summed E-state index contributed by atoms with van der Waals surface area (Å²) in [4.78, 5) is 16.3. The van der Waals surface area contributed by atoms with Crippen molar-refractivity contribution in [2.75, 3.05) is 5.75 Å². The lowest BCUT2D eigenvalue weighted by molar-refractivity contribution is -0.119. The molecule has 0 aliphatic carbocycles. The molecule has 3 nitrogen and oxygen atoms in total. The van der Waals surface area contributed by atoms with Gasteiger partial charge in [-0.05, 0) is 52.5 Å². The standard InChI is InChI=1S/C17H19BrN2OS/c1-3-13-4-6-14(7-5-13)12(2)20-16(21)11-22-17-9-8-15(18)10-19-17/h4-10,12H,3,11H2,1-2H3,(H,20,21). The number of nitrogens with zero attached hydrogens (tertiary/aromatic N) is 1. The normalized spacial score (nSPS) is 12.0. The van der Waals surface area contributed by atoms with Crippen LogP contribution in [0.15, 0.2) is 52.1 Å². The van der Waals surface area contributed by atoms with Crippen LogP contribution in [0.4, 0.5) is 0 Å². The van der Waals surface area contributed by atoms with Gasteiger partial charge < -0.3 is 5.32 Å². The molecule has 22 heavy (non-hydrogen) atoms. The molecule has 1 aromatic carbocycles. The highest BCUT2D eigenvalue weighted by Crippen LogP contribution is 2.18. The van der Waals surface area contributed by atoms with Gasteiger partial charge in [-0.3, -0.25) is 4.79 Å². The Bertz CT molecular complexity index is 614. The monoisotopic (exact) mass is 378 g/mol. The Labute approximate surface area is 144 Å². The van der Waals surface area contributed by atoms with Gasteiger partial charge in [0.05, 0.1) is 16.8 Å². The fraction of sp³-hybridized carbons (Fsp3) is 0.294. The number of carbonyl (C=O) groups is 1. The number of hydrogen-bond acceptors (Lipinski definition) is 3. The van der Waals surface area contributed by atoms with Gasteiger partial charge in [-0.25, -0.2) is 4.98 Å². The summed E-state index contributed by atoms with van der Waals surface area (Å²) in [5, 5.41) is 3.86. The molecule has 1 amide bonds. The zero-order valence-corrected chi connectivity index (χ0v) is 15.1. The predicted molar refractivity (Wildman–Crippen MR) is 95.0 cm³/mol. The first-order chi connectivity index (χ1) is 10.6. The average Bonchev–Trinajstić information content (AvgIpc) is 2.54. The maximum Gasteiger partial charge on any atom is 0.230 e. The number of amides is 1. The van der Waals surface area contributed by atoms with Gasteiger partial charge in [0.15, 0.2) is 0 Å². The Balaban J connectivity index is 1.83. The van der Waals surface area contributed by atoms with Crippen LogP contribution in [0.1, 0.15) is 31.0 Å². The smallest absolute Gasteiger partial charge is 0.230 e. The van der Waals surface area contributed by atoms with E-state index in [0.29, 0.717) is 5.75 Å². The summed E-state index contributed by atoms with van der Waals surface area (Å²) in [6.07, 6.45) is 2.76. The highest BCUT2D eigenvalue weighted by molar-refractivity contribution is 9.10. The van der Waals surface area contributed by atoms with Crippen molar-refractivity contribution in [3.63, 3.8) is 0 Å². The number of nitrogens with one attached hydrogen (secondary N) is 1. The lowest BCUT2D eigenvalue weighted by Crippen LogP contribution is -2.28. The zero-order chi connectivity index (χ0) is 15.9. The quantitative estimate of drug-likeness (QED) is 0.758. The highest BCUT2D eigenvalue weighted by Gasteiger charge is 2.10. The van der Waals surface area contributed by atoms with Crippen LogP contribution >= 0.6 is 27.7 Å². The molecule has 0 spiro atoms. The van der Waals surface area contributed by atoms with Crippen molar-refractivity contribution < 1.29 is 4.79 Å². The van der Waals surface area contributed by atoms with E-state index >= 15 is 0 Å². The lowest BCUT2D eigenvalue weighted by atomic mass is 10.1. The fourth-order valence-corrected chi connectivity index (χ4v) is 2.88. The van der Waals surface area contributed by atoms with E-state index in [2.05, 4.69) is 57.4 Å². The Morgan fingerprint density at radius 2 is 2.00 bits per heavy atom. The van der Waals surface area contributed by atoms with E-state index in [9.17, 15) is 4.79 Å². The molecule has 0 fully saturated rings. The molecule has 1 N–H and O–H groups in total. The molecule has 0 aliphatic heterocycles. The van der Waals surface area contributed by atoms with E-state index in [1.54, 1.807) is 6.20 Å². The summed E-state index contributed by atoms with van der Waals surface area (Å²) >= 11 is 4.78. The second-order valence-electron chi connectivity index (χ2n) is 4.99. The van der Waals surface area contributed by atoms with Crippen LogP contribution in [0.5, 0.6) is 0 Å². The first-order valence-corrected chi connectivity index (χ1v) is 8.99. The predicted octanol–water partition coefficient (Wildman–Crippen LogP) is 4.38. The molecule has 0 saturated carbocycles. The van der Waals surface area contributed by atoms with Gasteiger partial charge in [-0.1, -0.05) is 43.0 Å². The SMILES string of the molecule is CCc1ccc(C(C)NC(=O)CSc2ccc(Br)cn2)cc1. The first kappa shape index (κ1) is 17.0. The van der Waals surface area contributed by atoms with Crippen molar-refractivity contribution in [1.82, 2.24) is 10.3 Å². The van der Waals surface area contributed by atoms with Gasteiger partial charge in [-0.2, -0.15) is 0 Å². The number of rotatable bonds is 6. The Morgan fingerprint density at radius 1 is 1.27 bits per heavy atom. The van der Waals surface area contributed by atoms with E-state index < -0.39 is 0 Å². The van der Waals surface area contributed by atoms with Gasteiger partial charge >= 0.3 is 0 Å². The summed E-state index contributed by atoms with van der Waals surface area (Å²) in [5.74, 6) is 0.383. The number of carbonyl (C=O) groups excluding carboxylic acids is 1. The molecule has 2 rings (SSSR count). The Hall–Kier alpha value is -1.33. The summed E-state index contributed by atoms with van der Waals surface area (Å²) < 4.78 is 0.936. The molecule has 0 radical (unpaired) electrons. The van der Waals surface area contributed by atoms with Crippen LogP contribution in [0.25, 0.3) is 0 Å². The van der Waals surface area contributed by atoms with Crippen molar-refractivity contribution in [1.29, 1.82) is 0 Å². The molecule has 5 heteroatoms. The van der Waals surface area contributed by atoms with Gasteiger partial charge in [0.1, 0.15) is 0 Å². The van der Waals surface area contributed by atoms with Crippen molar-refractivity contribution >= 4 is 33.6 Å². The molecular formula is C17H19BrN2OS. The third-order valence-corrected chi connectivity index (χ3v) is 4.73. The third-order valence-electron chi connectivity index (χ3n) is 3.32. The summed E-state index contributed by atoms with van der Waals surface area (Å²) in [5.41, 5.74) is 2.43. The van der Waals surface area contributed by atoms with Gasteiger partial charge in [0, 0.05) is 10.7 Å². The number of aromatic nitrogens is 1. The van der Waals surface area contributed by atoms with Gasteiger partial charge in [0.2, 0.25) is 5.91 Å². The number of aryl methyl sites for hydroxylation is 1. The van der Waals surface area contributed by atoms with Gasteiger partial charge in [-0.15, -0.1) is 0 Å². The number of benzene rings is 1. The van der Waals surface area contributed by atoms with E-state index in [4.69, 9.17) is 0 Å². The minimum Gasteiger partial charge on any atom is -0.349 e. The molecule has 1 aromatic heterocycles. The molecule has 0 saturated heterocycles. The fourth-order valence-electron chi connectivity index (χ4n) is 2.00. The Kier molecular flexibility index (Phi) is 6.46. The second-order valence-corrected chi connectivity index (χ2v) is 6.90. The molecule has 1 heterocycles. The van der Waals surface area contributed by atoms with Crippen LogP contribution in [-0.2, 0) is 11.2 Å². The van der Waals surface area contributed by atoms with Gasteiger partial charge in [0.25, 0.3) is 0 Å². The van der Waals surface area contributed by atoms with Crippen LogP contribution < -0.4 is 5.32 Å². The third kappa shape index (κ3) is 5.14. The molecule has 0 bridgehead atoms. The van der Waals surface area contributed by atoms with Crippen LogP contribution in [0.2, 0.25) is 0 Å². The molecule has 116 valence electrons. The summed E-state index contributed by atoms with van der Waals surface area (Å²) in [6, 6.07) is 12.2. The van der Waals surface area contributed by atoms with Crippen molar-refractivity contribution in [3.05, 3.63) is 58.2 Å². The minimum atomic E-state index is 0.0110. The topological polar surface area (TPSA) is 42.0 Å². The summed E-state index contributed by atoms with van der Waals surface area (Å²) in [6.45, 7) is 4.13. The van der Waals surface area contributed by atoms with E-state index in [0.717, 1.165) is 21.5 Å². The maximum atomic E-state index is 12.0. The van der Waals surface area contributed by atoms with Crippen LogP contribution in [-0.4, -0.2) is 16.6 Å². The average molecular weight is 379 g/mol.